The first kappa shape index (κ1) is 19.8. The van der Waals surface area contributed by atoms with Crippen molar-refractivity contribution in [1.82, 2.24) is 15.8 Å². The Balaban J connectivity index is 1.42. The molecule has 1 unspecified atom stereocenters. The van der Waals surface area contributed by atoms with Crippen LogP contribution in [0.3, 0.4) is 0 Å². The molecule has 3 aromatic rings. The van der Waals surface area contributed by atoms with Gasteiger partial charge in [-0.05, 0) is 62.1 Å². The first-order valence-corrected chi connectivity index (χ1v) is 9.88. The van der Waals surface area contributed by atoms with Crippen molar-refractivity contribution in [3.8, 4) is 5.75 Å². The molecule has 1 atom stereocenters. The van der Waals surface area contributed by atoms with Gasteiger partial charge in [0.05, 0.1) is 5.52 Å². The van der Waals surface area contributed by atoms with Crippen LogP contribution in [0.5, 0.6) is 5.75 Å². The molecule has 30 heavy (non-hydrogen) atoms. The molecule has 1 saturated carbocycles. The highest BCUT2D eigenvalue weighted by Gasteiger charge is 2.37. The number of aryl methyl sites for hydroxylation is 1. The Morgan fingerprint density at radius 1 is 1.17 bits per heavy atom. The van der Waals surface area contributed by atoms with E-state index in [1.807, 2.05) is 37.3 Å². The van der Waals surface area contributed by atoms with E-state index >= 15 is 0 Å². The Morgan fingerprint density at radius 3 is 2.60 bits per heavy atom. The van der Waals surface area contributed by atoms with Crippen molar-refractivity contribution in [1.29, 1.82) is 0 Å². The van der Waals surface area contributed by atoms with Crippen LogP contribution in [0.1, 0.15) is 34.5 Å². The van der Waals surface area contributed by atoms with Crippen LogP contribution in [0.2, 0.25) is 0 Å². The zero-order valence-corrected chi connectivity index (χ0v) is 16.6. The first-order chi connectivity index (χ1) is 14.5. The lowest BCUT2D eigenvalue weighted by molar-refractivity contribution is -0.131. The Morgan fingerprint density at radius 2 is 1.90 bits per heavy atom. The molecule has 0 aliphatic heterocycles. The number of ether oxygens (including phenoxy) is 1. The lowest BCUT2D eigenvalue weighted by Gasteiger charge is -2.16. The van der Waals surface area contributed by atoms with Crippen molar-refractivity contribution in [3.63, 3.8) is 0 Å². The van der Waals surface area contributed by atoms with E-state index in [1.54, 1.807) is 29.7 Å². The molecule has 0 radical (unpaired) electrons. The first-order valence-electron chi connectivity index (χ1n) is 9.88. The van der Waals surface area contributed by atoms with Gasteiger partial charge in [0, 0.05) is 22.2 Å². The maximum Gasteiger partial charge on any atom is 0.266 e. The van der Waals surface area contributed by atoms with E-state index in [2.05, 4.69) is 10.3 Å². The van der Waals surface area contributed by atoms with E-state index in [0.717, 1.165) is 35.0 Å². The van der Waals surface area contributed by atoms with Gasteiger partial charge in [0.2, 0.25) is 0 Å². The van der Waals surface area contributed by atoms with Gasteiger partial charge in [-0.15, -0.1) is 0 Å². The number of amides is 2. The third kappa shape index (κ3) is 4.41. The minimum absolute atomic E-state index is 0.0716. The zero-order chi connectivity index (χ0) is 21.1. The molecular weight excluding hydrogens is 382 g/mol. The fraction of sp³-hybridized carbons (Fsp3) is 0.261. The molecule has 154 valence electrons. The van der Waals surface area contributed by atoms with Gasteiger partial charge in [-0.2, -0.15) is 0 Å². The zero-order valence-electron chi connectivity index (χ0n) is 16.6. The van der Waals surface area contributed by atoms with Crippen molar-refractivity contribution >= 4 is 22.7 Å². The smallest absolute Gasteiger partial charge is 0.266 e. The highest BCUT2D eigenvalue weighted by molar-refractivity contribution is 5.97. The molecule has 0 bridgehead atoms. The second-order valence-electron chi connectivity index (χ2n) is 7.52. The summed E-state index contributed by atoms with van der Waals surface area (Å²) >= 11 is 0. The van der Waals surface area contributed by atoms with Crippen molar-refractivity contribution in [2.24, 2.45) is 5.92 Å². The lowest BCUT2D eigenvalue weighted by Crippen LogP contribution is -2.47. The van der Waals surface area contributed by atoms with Crippen LogP contribution in [-0.2, 0) is 11.4 Å². The second-order valence-corrected chi connectivity index (χ2v) is 7.52. The number of rotatable bonds is 7. The summed E-state index contributed by atoms with van der Waals surface area (Å²) in [5, 5.41) is 12.6. The van der Waals surface area contributed by atoms with Crippen LogP contribution in [0.15, 0.2) is 54.6 Å². The molecule has 1 heterocycles. The van der Waals surface area contributed by atoms with Gasteiger partial charge >= 0.3 is 0 Å². The lowest BCUT2D eigenvalue weighted by atomic mass is 10.1. The number of carbonyl (C=O) groups is 2. The Kier molecular flexibility index (Phi) is 5.63. The number of hydroxylamine groups is 1. The van der Waals surface area contributed by atoms with Crippen molar-refractivity contribution < 1.29 is 19.5 Å². The number of hydrogen-bond donors (Lipinski definition) is 3. The third-order valence-corrected chi connectivity index (χ3v) is 5.21. The number of carbonyl (C=O) groups excluding carboxylic acids is 2. The molecule has 7 heteroatoms. The molecule has 7 nitrogen and oxygen atoms in total. The molecular formula is C23H23N3O4. The van der Waals surface area contributed by atoms with Crippen LogP contribution in [-0.4, -0.2) is 28.0 Å². The molecule has 1 fully saturated rings. The van der Waals surface area contributed by atoms with E-state index in [-0.39, 0.29) is 11.8 Å². The standard InChI is InChI=1S/C23H23N3O4/c1-14-12-17(19-4-2-3-5-20(19)24-14)13-30-18-10-8-16(9-11-18)22(27)25-21(15-6-7-15)23(28)26-29/h2-5,8-12,15,21,29H,6-7,13H2,1H3,(H,25,27)(H,26,28). The van der Waals surface area contributed by atoms with E-state index in [0.29, 0.717) is 17.9 Å². The minimum Gasteiger partial charge on any atom is -0.489 e. The molecule has 4 rings (SSSR count). The Hall–Kier alpha value is -3.45. The maximum absolute atomic E-state index is 12.5. The monoisotopic (exact) mass is 405 g/mol. The number of para-hydroxylation sites is 1. The van der Waals surface area contributed by atoms with Gasteiger partial charge in [-0.25, -0.2) is 5.48 Å². The number of hydrogen-bond acceptors (Lipinski definition) is 5. The van der Waals surface area contributed by atoms with E-state index in [1.165, 1.54) is 0 Å². The number of nitrogens with zero attached hydrogens (tertiary/aromatic N) is 1. The molecule has 3 N–H and O–H groups in total. The maximum atomic E-state index is 12.5. The summed E-state index contributed by atoms with van der Waals surface area (Å²) in [6.07, 6.45) is 1.71. The number of fused-ring (bicyclic) bond motifs is 1. The van der Waals surface area contributed by atoms with Crippen molar-refractivity contribution in [2.75, 3.05) is 0 Å². The highest BCUT2D eigenvalue weighted by Crippen LogP contribution is 2.33. The van der Waals surface area contributed by atoms with Crippen LogP contribution in [0.4, 0.5) is 0 Å². The summed E-state index contributed by atoms with van der Waals surface area (Å²) in [6.45, 7) is 2.34. The van der Waals surface area contributed by atoms with Gasteiger partial charge in [0.15, 0.2) is 0 Å². The highest BCUT2D eigenvalue weighted by atomic mass is 16.5. The Labute approximate surface area is 174 Å². The number of nitrogens with one attached hydrogen (secondary N) is 2. The topological polar surface area (TPSA) is 101 Å². The van der Waals surface area contributed by atoms with Crippen LogP contribution in [0, 0.1) is 12.8 Å². The molecule has 1 aromatic heterocycles. The molecule has 2 amide bonds. The van der Waals surface area contributed by atoms with E-state index < -0.39 is 11.9 Å². The summed E-state index contributed by atoms with van der Waals surface area (Å²) in [6, 6.07) is 16.0. The normalized spacial score (nSPS) is 14.2. The van der Waals surface area contributed by atoms with Crippen molar-refractivity contribution in [3.05, 3.63) is 71.4 Å². The summed E-state index contributed by atoms with van der Waals surface area (Å²) < 4.78 is 5.92. The Bertz CT molecular complexity index is 1080. The van der Waals surface area contributed by atoms with Crippen LogP contribution in [0.25, 0.3) is 10.9 Å². The number of aromatic nitrogens is 1. The van der Waals surface area contributed by atoms with Crippen LogP contribution >= 0.6 is 0 Å². The van der Waals surface area contributed by atoms with Gasteiger partial charge in [0.1, 0.15) is 18.4 Å². The predicted octanol–water partition coefficient (Wildman–Crippen LogP) is 3.14. The van der Waals surface area contributed by atoms with E-state index in [9.17, 15) is 9.59 Å². The second kappa shape index (κ2) is 8.51. The fourth-order valence-electron chi connectivity index (χ4n) is 3.50. The average molecular weight is 405 g/mol. The average Bonchev–Trinajstić information content (AvgIpc) is 3.60. The fourth-order valence-corrected chi connectivity index (χ4v) is 3.50. The van der Waals surface area contributed by atoms with Gasteiger partial charge in [-0.3, -0.25) is 19.8 Å². The predicted molar refractivity (Wildman–Crippen MR) is 111 cm³/mol. The minimum atomic E-state index is -0.721. The van der Waals surface area contributed by atoms with E-state index in [4.69, 9.17) is 9.94 Å². The summed E-state index contributed by atoms with van der Waals surface area (Å²) in [4.78, 5) is 28.7. The van der Waals surface area contributed by atoms with Crippen molar-refractivity contribution in [2.45, 2.75) is 32.4 Å². The van der Waals surface area contributed by atoms with Crippen LogP contribution < -0.4 is 15.5 Å². The molecule has 1 aliphatic carbocycles. The van der Waals surface area contributed by atoms with Gasteiger partial charge in [0.25, 0.3) is 11.8 Å². The molecule has 0 spiro atoms. The number of benzene rings is 2. The SMILES string of the molecule is Cc1cc(COc2ccc(C(=O)NC(C(=O)NO)C3CC3)cc2)c2ccccc2n1. The van der Waals surface area contributed by atoms with Gasteiger partial charge in [-0.1, -0.05) is 18.2 Å². The molecule has 2 aromatic carbocycles. The summed E-state index contributed by atoms with van der Waals surface area (Å²) in [5.41, 5.74) is 4.95. The number of pyridine rings is 1. The largest absolute Gasteiger partial charge is 0.489 e. The molecule has 1 aliphatic rings. The molecule has 0 saturated heterocycles. The van der Waals surface area contributed by atoms with Gasteiger partial charge < -0.3 is 10.1 Å². The summed E-state index contributed by atoms with van der Waals surface area (Å²) in [5.74, 6) is -0.247. The third-order valence-electron chi connectivity index (χ3n) is 5.21. The summed E-state index contributed by atoms with van der Waals surface area (Å²) in [7, 11) is 0. The quantitative estimate of drug-likeness (QED) is 0.414.